The number of nitrogens with two attached hydrogens (primary N) is 1. The third kappa shape index (κ3) is 3.34. The first-order valence-corrected chi connectivity index (χ1v) is 8.69. The molecule has 3 aromatic rings. The number of aromatic nitrogens is 4. The van der Waals surface area contributed by atoms with E-state index in [9.17, 15) is 20.4 Å². The Hall–Kier alpha value is -3.32. The summed E-state index contributed by atoms with van der Waals surface area (Å²) in [5, 5.41) is 43.8. The molecule has 152 valence electrons. The van der Waals surface area contributed by atoms with Gasteiger partial charge in [0, 0.05) is 5.56 Å². The number of rotatable bonds is 5. The number of aliphatic hydroxyl groups excluding tert-OH is 3. The van der Waals surface area contributed by atoms with E-state index in [-0.39, 0.29) is 28.7 Å². The first-order chi connectivity index (χ1) is 14.0. The third-order valence-corrected chi connectivity index (χ3v) is 4.58. The van der Waals surface area contributed by atoms with Crippen molar-refractivity contribution in [2.45, 2.75) is 24.5 Å². The van der Waals surface area contributed by atoms with Crippen molar-refractivity contribution in [3.8, 4) is 5.75 Å². The second kappa shape index (κ2) is 7.60. The first-order valence-electron chi connectivity index (χ1n) is 8.69. The highest BCUT2D eigenvalue weighted by Gasteiger charge is 2.45. The summed E-state index contributed by atoms with van der Waals surface area (Å²) in [6, 6.07) is 6.61. The number of para-hydroxylation sites is 1. The second-order valence-electron chi connectivity index (χ2n) is 6.39. The van der Waals surface area contributed by atoms with E-state index in [1.807, 2.05) is 0 Å². The van der Waals surface area contributed by atoms with Gasteiger partial charge in [0.15, 0.2) is 23.2 Å². The fourth-order valence-corrected chi connectivity index (χ4v) is 3.10. The smallest absolute Gasteiger partial charge is 0.228 e. The predicted molar refractivity (Wildman–Crippen MR) is 102 cm³/mol. The average molecular weight is 401 g/mol. The van der Waals surface area contributed by atoms with E-state index in [1.165, 1.54) is 23.2 Å². The molecule has 1 fully saturated rings. The first kappa shape index (κ1) is 19.0. The van der Waals surface area contributed by atoms with Crippen LogP contribution in [-0.4, -0.2) is 71.1 Å². The molecule has 1 aliphatic rings. The highest BCUT2D eigenvalue weighted by Crippen LogP contribution is 2.35. The Kier molecular flexibility index (Phi) is 4.98. The minimum absolute atomic E-state index is 0.0464. The molecule has 0 radical (unpaired) electrons. The van der Waals surface area contributed by atoms with Gasteiger partial charge in [-0.05, 0) is 12.1 Å². The molecule has 12 nitrogen and oxygen atoms in total. The summed E-state index contributed by atoms with van der Waals surface area (Å²) in [5.41, 5.74) is 9.53. The minimum Gasteiger partial charge on any atom is -0.507 e. The van der Waals surface area contributed by atoms with Crippen LogP contribution in [0.3, 0.4) is 0 Å². The Labute approximate surface area is 163 Å². The van der Waals surface area contributed by atoms with E-state index in [1.54, 1.807) is 18.2 Å². The van der Waals surface area contributed by atoms with E-state index in [4.69, 9.17) is 10.5 Å². The number of aromatic hydroxyl groups is 1. The Balaban J connectivity index is 1.73. The van der Waals surface area contributed by atoms with E-state index in [0.29, 0.717) is 5.56 Å². The van der Waals surface area contributed by atoms with Crippen LogP contribution >= 0.6 is 0 Å². The number of hydrazone groups is 1. The molecule has 0 unspecified atom stereocenters. The normalized spacial score (nSPS) is 24.5. The van der Waals surface area contributed by atoms with Crippen molar-refractivity contribution in [2.24, 2.45) is 5.10 Å². The molecule has 2 aromatic heterocycles. The molecule has 7 N–H and O–H groups in total. The number of ether oxygens (including phenoxy) is 1. The fraction of sp³-hybridized carbons (Fsp3) is 0.294. The molecule has 3 heterocycles. The molecule has 0 spiro atoms. The topological polar surface area (TPSA) is 184 Å². The Morgan fingerprint density at radius 2 is 2.03 bits per heavy atom. The monoisotopic (exact) mass is 401 g/mol. The van der Waals surface area contributed by atoms with E-state index in [2.05, 4.69) is 25.5 Å². The molecule has 1 aliphatic heterocycles. The maximum absolute atomic E-state index is 10.4. The number of phenolic OH excluding ortho intramolecular Hbond substituents is 1. The third-order valence-electron chi connectivity index (χ3n) is 4.58. The van der Waals surface area contributed by atoms with Gasteiger partial charge in [0.2, 0.25) is 5.95 Å². The van der Waals surface area contributed by atoms with Crippen molar-refractivity contribution in [3.05, 3.63) is 36.2 Å². The number of benzene rings is 1. The number of nitrogen functional groups attached to an aromatic ring is 1. The van der Waals surface area contributed by atoms with E-state index < -0.39 is 31.1 Å². The number of phenols is 1. The molecule has 29 heavy (non-hydrogen) atoms. The number of imidazole rings is 1. The zero-order valence-electron chi connectivity index (χ0n) is 15.0. The number of nitrogens with one attached hydrogen (secondary N) is 1. The van der Waals surface area contributed by atoms with Gasteiger partial charge in [-0.15, -0.1) is 0 Å². The number of hydrogen-bond donors (Lipinski definition) is 6. The van der Waals surface area contributed by atoms with Gasteiger partial charge in [0.1, 0.15) is 30.4 Å². The standard InChI is InChI=1S/C17H19N7O5/c18-14-11-15(20-7-19-14)24(16-13(28)12(27)10(6-25)29-16)17(22-11)23-21-5-8-3-1-2-4-9(8)26/h1-5,7,10,12-13,16,25-28H,6H2,(H,22,23)(H2,18,19,20)/b21-5+/t10-,12-,13-,16-/m1/s1. The molecule has 4 atom stereocenters. The zero-order valence-corrected chi connectivity index (χ0v) is 15.0. The second-order valence-corrected chi connectivity index (χ2v) is 6.39. The van der Waals surface area contributed by atoms with Crippen molar-refractivity contribution >= 4 is 29.1 Å². The minimum atomic E-state index is -1.36. The Morgan fingerprint density at radius 1 is 1.24 bits per heavy atom. The van der Waals surface area contributed by atoms with Gasteiger partial charge >= 0.3 is 0 Å². The summed E-state index contributed by atoms with van der Waals surface area (Å²) >= 11 is 0. The molecular weight excluding hydrogens is 382 g/mol. The van der Waals surface area contributed by atoms with Crippen LogP contribution in [0.2, 0.25) is 0 Å². The quantitative estimate of drug-likeness (QED) is 0.233. The average Bonchev–Trinajstić information content (AvgIpc) is 3.22. The lowest BCUT2D eigenvalue weighted by molar-refractivity contribution is -0.0501. The number of aliphatic hydroxyl groups is 3. The van der Waals surface area contributed by atoms with E-state index in [0.717, 1.165) is 0 Å². The largest absolute Gasteiger partial charge is 0.507 e. The molecule has 1 saturated heterocycles. The van der Waals surface area contributed by atoms with Crippen molar-refractivity contribution in [3.63, 3.8) is 0 Å². The van der Waals surface area contributed by atoms with Crippen molar-refractivity contribution < 1.29 is 25.2 Å². The molecule has 12 heteroatoms. The molecule has 0 bridgehead atoms. The van der Waals surface area contributed by atoms with Gasteiger partial charge in [-0.2, -0.15) is 5.10 Å². The van der Waals surface area contributed by atoms with Gasteiger partial charge in [-0.25, -0.2) is 20.4 Å². The van der Waals surface area contributed by atoms with Crippen LogP contribution in [0.25, 0.3) is 11.2 Å². The van der Waals surface area contributed by atoms with Gasteiger partial charge < -0.3 is 30.9 Å². The van der Waals surface area contributed by atoms with Crippen LogP contribution in [0.5, 0.6) is 5.75 Å². The molecule has 0 amide bonds. The SMILES string of the molecule is Nc1ncnc2c1nc(N/N=C/c1ccccc1O)n2[C@@H]1O[C@H](CO)[C@@H](O)[C@H]1O. The van der Waals surface area contributed by atoms with Crippen molar-refractivity contribution in [2.75, 3.05) is 17.8 Å². The molecule has 0 aliphatic carbocycles. The summed E-state index contributed by atoms with van der Waals surface area (Å²) in [5.74, 6) is 0.257. The molecule has 4 rings (SSSR count). The summed E-state index contributed by atoms with van der Waals surface area (Å²) in [4.78, 5) is 12.3. The van der Waals surface area contributed by atoms with Crippen molar-refractivity contribution in [1.82, 2.24) is 19.5 Å². The summed E-state index contributed by atoms with van der Waals surface area (Å²) in [7, 11) is 0. The van der Waals surface area contributed by atoms with Crippen LogP contribution in [0.1, 0.15) is 11.8 Å². The van der Waals surface area contributed by atoms with Crippen LogP contribution in [0.4, 0.5) is 11.8 Å². The lowest BCUT2D eigenvalue weighted by Gasteiger charge is -2.18. The fourth-order valence-electron chi connectivity index (χ4n) is 3.10. The highest BCUT2D eigenvalue weighted by atomic mass is 16.6. The Bertz CT molecular complexity index is 1060. The van der Waals surface area contributed by atoms with Crippen LogP contribution in [0, 0.1) is 0 Å². The van der Waals surface area contributed by atoms with Crippen LogP contribution in [-0.2, 0) is 4.74 Å². The summed E-state index contributed by atoms with van der Waals surface area (Å²) in [6.07, 6.45) is -2.14. The summed E-state index contributed by atoms with van der Waals surface area (Å²) < 4.78 is 6.97. The van der Waals surface area contributed by atoms with E-state index >= 15 is 0 Å². The predicted octanol–water partition coefficient (Wildman–Crippen LogP) is -0.828. The summed E-state index contributed by atoms with van der Waals surface area (Å²) in [6.45, 7) is -0.479. The highest BCUT2D eigenvalue weighted by molar-refractivity contribution is 5.85. The van der Waals surface area contributed by atoms with Gasteiger partial charge in [-0.1, -0.05) is 12.1 Å². The molecule has 0 saturated carbocycles. The lowest BCUT2D eigenvalue weighted by Crippen LogP contribution is -2.33. The van der Waals surface area contributed by atoms with Gasteiger partial charge in [0.05, 0.1) is 12.8 Å². The number of fused-ring (bicyclic) bond motifs is 1. The zero-order chi connectivity index (χ0) is 20.5. The van der Waals surface area contributed by atoms with Crippen LogP contribution in [0.15, 0.2) is 35.7 Å². The number of hydrogen-bond acceptors (Lipinski definition) is 11. The van der Waals surface area contributed by atoms with Crippen LogP contribution < -0.4 is 11.2 Å². The molecular formula is C17H19N7O5. The lowest BCUT2D eigenvalue weighted by atomic mass is 10.1. The molecule has 1 aromatic carbocycles. The maximum Gasteiger partial charge on any atom is 0.228 e. The number of anilines is 2. The number of nitrogens with zero attached hydrogens (tertiary/aromatic N) is 5. The van der Waals surface area contributed by atoms with Gasteiger partial charge in [-0.3, -0.25) is 4.57 Å². The van der Waals surface area contributed by atoms with Gasteiger partial charge in [0.25, 0.3) is 0 Å². The van der Waals surface area contributed by atoms with Crippen molar-refractivity contribution in [1.29, 1.82) is 0 Å². The maximum atomic E-state index is 10.4. The Morgan fingerprint density at radius 3 is 2.76 bits per heavy atom.